The second-order valence-corrected chi connectivity index (χ2v) is 10.2. The topological polar surface area (TPSA) is 82.6 Å². The van der Waals surface area contributed by atoms with Gasteiger partial charge in [-0.2, -0.15) is 4.31 Å². The van der Waals surface area contributed by atoms with Crippen molar-refractivity contribution < 1.29 is 13.2 Å². The average molecular weight is 453 g/mol. The van der Waals surface area contributed by atoms with Crippen LogP contribution >= 0.6 is 0 Å². The highest BCUT2D eigenvalue weighted by Gasteiger charge is 2.32. The van der Waals surface area contributed by atoms with Crippen molar-refractivity contribution in [2.75, 3.05) is 31.5 Å². The van der Waals surface area contributed by atoms with E-state index in [9.17, 15) is 13.2 Å². The number of nitrogens with zero attached hydrogens (tertiary/aromatic N) is 3. The molecule has 1 fully saturated rings. The molecule has 1 aromatic heterocycles. The Morgan fingerprint density at radius 1 is 1.00 bits per heavy atom. The number of hydrogen-bond donors (Lipinski definition) is 1. The summed E-state index contributed by atoms with van der Waals surface area (Å²) in [5, 5.41) is 3.90. The van der Waals surface area contributed by atoms with Gasteiger partial charge in [0, 0.05) is 37.8 Å². The molecule has 32 heavy (non-hydrogen) atoms. The largest absolute Gasteiger partial charge is 0.324 e. The Labute approximate surface area is 189 Å². The summed E-state index contributed by atoms with van der Waals surface area (Å²) >= 11 is 0. The van der Waals surface area contributed by atoms with E-state index in [0.717, 1.165) is 27.7 Å². The highest BCUT2D eigenvalue weighted by Crippen LogP contribution is 2.23. The van der Waals surface area contributed by atoms with E-state index in [-0.39, 0.29) is 11.9 Å². The van der Waals surface area contributed by atoms with Gasteiger partial charge in [-0.3, -0.25) is 14.7 Å². The van der Waals surface area contributed by atoms with Crippen molar-refractivity contribution in [3.05, 3.63) is 65.9 Å². The molecule has 1 aliphatic rings. The van der Waals surface area contributed by atoms with Gasteiger partial charge in [0.2, 0.25) is 15.9 Å². The lowest BCUT2D eigenvalue weighted by Crippen LogP contribution is -2.53. The van der Waals surface area contributed by atoms with Crippen molar-refractivity contribution in [3.8, 4) is 0 Å². The molecule has 0 radical (unpaired) electrons. The quantitative estimate of drug-likeness (QED) is 0.643. The number of benzene rings is 2. The first kappa shape index (κ1) is 22.4. The summed E-state index contributed by atoms with van der Waals surface area (Å²) in [5.74, 6) is -0.119. The number of fused-ring (bicyclic) bond motifs is 1. The number of amides is 1. The van der Waals surface area contributed by atoms with Crippen molar-refractivity contribution >= 4 is 32.5 Å². The molecule has 3 aromatic rings. The predicted octanol–water partition coefficient (Wildman–Crippen LogP) is 3.19. The number of aromatic nitrogens is 1. The molecule has 0 bridgehead atoms. The lowest BCUT2D eigenvalue weighted by molar-refractivity contribution is -0.121. The van der Waals surface area contributed by atoms with E-state index in [4.69, 9.17) is 0 Å². The number of rotatable bonds is 5. The van der Waals surface area contributed by atoms with E-state index in [1.54, 1.807) is 18.3 Å². The van der Waals surface area contributed by atoms with Gasteiger partial charge in [0.15, 0.2) is 0 Å². The Morgan fingerprint density at radius 3 is 2.47 bits per heavy atom. The number of piperazine rings is 1. The molecule has 1 N–H and O–H groups in total. The fourth-order valence-electron chi connectivity index (χ4n) is 3.97. The predicted molar refractivity (Wildman–Crippen MR) is 126 cm³/mol. The Kier molecular flexibility index (Phi) is 6.28. The number of pyridine rings is 1. The zero-order chi connectivity index (χ0) is 22.9. The number of carbonyl (C=O) groups is 1. The van der Waals surface area contributed by atoms with Crippen molar-refractivity contribution in [1.82, 2.24) is 14.2 Å². The van der Waals surface area contributed by atoms with Gasteiger partial charge >= 0.3 is 0 Å². The van der Waals surface area contributed by atoms with E-state index < -0.39 is 10.0 Å². The fraction of sp³-hybridized carbons (Fsp3) is 0.333. The number of carbonyl (C=O) groups excluding carboxylic acids is 1. The SMILES string of the molecule is Cc1ccc(S(=O)(=O)N2CCN(C(C)C(=O)Nc3cccc4ncccc34)CC2)cc1C. The average Bonchev–Trinajstić information content (AvgIpc) is 2.80. The van der Waals surface area contributed by atoms with Gasteiger partial charge in [-0.05, 0) is 68.3 Å². The van der Waals surface area contributed by atoms with Crippen molar-refractivity contribution in [2.45, 2.75) is 31.7 Å². The first-order valence-electron chi connectivity index (χ1n) is 10.7. The monoisotopic (exact) mass is 452 g/mol. The fourth-order valence-corrected chi connectivity index (χ4v) is 5.48. The van der Waals surface area contributed by atoms with Crippen LogP contribution in [-0.4, -0.2) is 60.7 Å². The van der Waals surface area contributed by atoms with Crippen LogP contribution in [-0.2, 0) is 14.8 Å². The Bertz CT molecular complexity index is 1250. The zero-order valence-corrected chi connectivity index (χ0v) is 19.4. The van der Waals surface area contributed by atoms with E-state index in [1.165, 1.54) is 4.31 Å². The van der Waals surface area contributed by atoms with Crippen LogP contribution in [0.15, 0.2) is 59.6 Å². The molecular formula is C24H28N4O3S. The highest BCUT2D eigenvalue weighted by molar-refractivity contribution is 7.89. The maximum absolute atomic E-state index is 13.0. The Morgan fingerprint density at radius 2 is 1.75 bits per heavy atom. The maximum atomic E-state index is 13.0. The second kappa shape index (κ2) is 8.97. The normalized spacial score (nSPS) is 16.7. The summed E-state index contributed by atoms with van der Waals surface area (Å²) in [7, 11) is -3.54. The maximum Gasteiger partial charge on any atom is 0.243 e. The van der Waals surface area contributed by atoms with E-state index >= 15 is 0 Å². The molecule has 1 amide bonds. The number of hydrogen-bond acceptors (Lipinski definition) is 5. The van der Waals surface area contributed by atoms with Crippen LogP contribution < -0.4 is 5.32 Å². The Hall–Kier alpha value is -2.81. The molecule has 4 rings (SSSR count). The van der Waals surface area contributed by atoms with Crippen LogP contribution in [0, 0.1) is 13.8 Å². The van der Waals surface area contributed by atoms with Gasteiger partial charge in [-0.15, -0.1) is 0 Å². The molecule has 0 spiro atoms. The molecule has 8 heteroatoms. The minimum Gasteiger partial charge on any atom is -0.324 e. The molecule has 0 aliphatic carbocycles. The number of anilines is 1. The third-order valence-corrected chi connectivity index (χ3v) is 8.11. The molecule has 0 saturated carbocycles. The lowest BCUT2D eigenvalue weighted by Gasteiger charge is -2.36. The summed E-state index contributed by atoms with van der Waals surface area (Å²) in [6.45, 7) is 7.43. The van der Waals surface area contributed by atoms with E-state index in [1.807, 2.05) is 62.1 Å². The van der Waals surface area contributed by atoms with Gasteiger partial charge in [-0.25, -0.2) is 8.42 Å². The molecule has 1 aliphatic heterocycles. The number of aryl methyl sites for hydroxylation is 2. The van der Waals surface area contributed by atoms with Gasteiger partial charge in [0.1, 0.15) is 0 Å². The lowest BCUT2D eigenvalue weighted by atomic mass is 10.1. The zero-order valence-electron chi connectivity index (χ0n) is 18.6. The minimum atomic E-state index is -3.54. The molecule has 7 nitrogen and oxygen atoms in total. The van der Waals surface area contributed by atoms with Crippen LogP contribution in [0.1, 0.15) is 18.1 Å². The Balaban J connectivity index is 1.41. The number of nitrogens with one attached hydrogen (secondary N) is 1. The van der Waals surface area contributed by atoms with Crippen molar-refractivity contribution in [1.29, 1.82) is 0 Å². The molecular weight excluding hydrogens is 424 g/mol. The van der Waals surface area contributed by atoms with Crippen LogP contribution in [0.25, 0.3) is 10.9 Å². The van der Waals surface area contributed by atoms with Crippen molar-refractivity contribution in [2.24, 2.45) is 0 Å². The summed E-state index contributed by atoms with van der Waals surface area (Å²) in [5.41, 5.74) is 3.57. The third-order valence-electron chi connectivity index (χ3n) is 6.22. The molecule has 1 atom stereocenters. The molecule has 2 aromatic carbocycles. The van der Waals surface area contributed by atoms with Gasteiger partial charge < -0.3 is 5.32 Å². The smallest absolute Gasteiger partial charge is 0.243 e. The summed E-state index contributed by atoms with van der Waals surface area (Å²) in [6.07, 6.45) is 1.72. The molecule has 168 valence electrons. The van der Waals surface area contributed by atoms with Crippen LogP contribution in [0.5, 0.6) is 0 Å². The summed E-state index contributed by atoms with van der Waals surface area (Å²) in [4.78, 5) is 19.6. The van der Waals surface area contributed by atoms with Crippen molar-refractivity contribution in [3.63, 3.8) is 0 Å². The van der Waals surface area contributed by atoms with Crippen LogP contribution in [0.3, 0.4) is 0 Å². The minimum absolute atomic E-state index is 0.119. The van der Waals surface area contributed by atoms with E-state index in [2.05, 4.69) is 10.3 Å². The van der Waals surface area contributed by atoms with Gasteiger partial charge in [0.05, 0.1) is 22.1 Å². The van der Waals surface area contributed by atoms with Gasteiger partial charge in [0.25, 0.3) is 0 Å². The molecule has 2 heterocycles. The van der Waals surface area contributed by atoms with Crippen LogP contribution in [0.4, 0.5) is 5.69 Å². The second-order valence-electron chi connectivity index (χ2n) is 8.23. The highest BCUT2D eigenvalue weighted by atomic mass is 32.2. The molecule has 1 unspecified atom stereocenters. The third kappa shape index (κ3) is 4.39. The first-order valence-corrected chi connectivity index (χ1v) is 12.2. The first-order chi connectivity index (χ1) is 15.3. The molecule has 1 saturated heterocycles. The summed E-state index contributed by atoms with van der Waals surface area (Å²) in [6, 6.07) is 14.3. The number of sulfonamides is 1. The van der Waals surface area contributed by atoms with E-state index in [0.29, 0.717) is 31.1 Å². The standard InChI is InChI=1S/C24H28N4O3S/c1-17-9-10-20(16-18(17)2)32(30,31)28-14-12-27(13-15-28)19(3)24(29)26-23-8-4-7-22-21(23)6-5-11-25-22/h4-11,16,19H,12-15H2,1-3H3,(H,26,29). The summed E-state index contributed by atoms with van der Waals surface area (Å²) < 4.78 is 27.6. The van der Waals surface area contributed by atoms with Gasteiger partial charge in [-0.1, -0.05) is 12.1 Å². The van der Waals surface area contributed by atoms with Crippen LogP contribution in [0.2, 0.25) is 0 Å².